The largest absolute Gasteiger partial charge is 0.236 e. The van der Waals surface area contributed by atoms with E-state index in [9.17, 15) is 4.79 Å². The van der Waals surface area contributed by atoms with Gasteiger partial charge in [-0.05, 0) is 6.07 Å². The van der Waals surface area contributed by atoms with Gasteiger partial charge in [-0.15, -0.1) is 0 Å². The molecule has 1 aromatic carbocycles. The fourth-order valence-corrected chi connectivity index (χ4v) is 1.16. The molecule has 1 rings (SSSR count). The Hall–Kier alpha value is -1.62. The zero-order chi connectivity index (χ0) is 9.68. The first-order valence-electron chi connectivity index (χ1n) is 3.50. The molecule has 0 aliphatic carbocycles. The number of benzene rings is 1. The van der Waals surface area contributed by atoms with Crippen molar-refractivity contribution in [3.05, 3.63) is 34.9 Å². The SMILES string of the molecule is N#CC(N=C=O)c1ccccc1Cl. The Kier molecular flexibility index (Phi) is 3.22. The number of rotatable bonds is 2. The Morgan fingerprint density at radius 2 is 2.15 bits per heavy atom. The predicted molar refractivity (Wildman–Crippen MR) is 47.9 cm³/mol. The fourth-order valence-electron chi connectivity index (χ4n) is 0.918. The molecule has 0 aliphatic rings. The molecule has 1 unspecified atom stereocenters. The highest BCUT2D eigenvalue weighted by Gasteiger charge is 2.11. The monoisotopic (exact) mass is 192 g/mol. The highest BCUT2D eigenvalue weighted by molar-refractivity contribution is 6.31. The van der Waals surface area contributed by atoms with Crippen LogP contribution in [0.5, 0.6) is 0 Å². The van der Waals surface area contributed by atoms with Crippen LogP contribution in [0.4, 0.5) is 0 Å². The van der Waals surface area contributed by atoms with E-state index in [4.69, 9.17) is 16.9 Å². The van der Waals surface area contributed by atoms with Gasteiger partial charge in [-0.3, -0.25) is 0 Å². The Morgan fingerprint density at radius 1 is 1.46 bits per heavy atom. The third kappa shape index (κ3) is 2.16. The molecule has 0 fully saturated rings. The second kappa shape index (κ2) is 4.42. The second-order valence-corrected chi connectivity index (χ2v) is 2.68. The molecule has 13 heavy (non-hydrogen) atoms. The quantitative estimate of drug-likeness (QED) is 0.533. The van der Waals surface area contributed by atoms with Gasteiger partial charge in [-0.1, -0.05) is 29.8 Å². The molecule has 1 atom stereocenters. The van der Waals surface area contributed by atoms with Crippen molar-refractivity contribution in [1.82, 2.24) is 0 Å². The van der Waals surface area contributed by atoms with Crippen molar-refractivity contribution in [1.29, 1.82) is 5.26 Å². The van der Waals surface area contributed by atoms with Crippen LogP contribution in [0.15, 0.2) is 29.3 Å². The lowest BCUT2D eigenvalue weighted by Gasteiger charge is -2.03. The third-order valence-electron chi connectivity index (χ3n) is 1.50. The van der Waals surface area contributed by atoms with Gasteiger partial charge in [-0.2, -0.15) is 10.3 Å². The molecule has 0 saturated carbocycles. The van der Waals surface area contributed by atoms with Crippen molar-refractivity contribution in [2.45, 2.75) is 6.04 Å². The van der Waals surface area contributed by atoms with Crippen molar-refractivity contribution >= 4 is 17.7 Å². The standard InChI is InChI=1S/C9H5ClN2O/c10-8-4-2-1-3-7(8)9(5-11)12-6-13/h1-4,9H. The minimum Gasteiger partial charge on any atom is -0.211 e. The summed E-state index contributed by atoms with van der Waals surface area (Å²) in [6, 6.07) is 7.75. The molecular formula is C9H5ClN2O. The molecule has 0 amide bonds. The summed E-state index contributed by atoms with van der Waals surface area (Å²) in [7, 11) is 0. The smallest absolute Gasteiger partial charge is 0.211 e. The van der Waals surface area contributed by atoms with Crippen molar-refractivity contribution in [2.75, 3.05) is 0 Å². The molecule has 0 N–H and O–H groups in total. The predicted octanol–water partition coefficient (Wildman–Crippen LogP) is 2.24. The summed E-state index contributed by atoms with van der Waals surface area (Å²) in [4.78, 5) is 13.3. The average Bonchev–Trinajstić information content (AvgIpc) is 2.16. The minimum absolute atomic E-state index is 0.424. The molecule has 0 spiro atoms. The van der Waals surface area contributed by atoms with Gasteiger partial charge in [0.05, 0.1) is 6.07 Å². The number of carbonyl (C=O) groups excluding carboxylic acids is 1. The summed E-state index contributed by atoms with van der Waals surface area (Å²) in [5.41, 5.74) is 0.523. The van der Waals surface area contributed by atoms with Gasteiger partial charge in [0.15, 0.2) is 6.04 Å². The summed E-state index contributed by atoms with van der Waals surface area (Å²) in [6.45, 7) is 0. The van der Waals surface area contributed by atoms with Crippen LogP contribution >= 0.6 is 11.6 Å². The van der Waals surface area contributed by atoms with Gasteiger partial charge in [0.25, 0.3) is 0 Å². The lowest BCUT2D eigenvalue weighted by Crippen LogP contribution is -1.91. The minimum atomic E-state index is -0.855. The van der Waals surface area contributed by atoms with E-state index in [1.165, 1.54) is 6.08 Å². The van der Waals surface area contributed by atoms with E-state index >= 15 is 0 Å². The lowest BCUT2D eigenvalue weighted by molar-refractivity contribution is 0.561. The first kappa shape index (κ1) is 9.47. The molecule has 0 bridgehead atoms. The van der Waals surface area contributed by atoms with E-state index in [0.29, 0.717) is 10.6 Å². The summed E-state index contributed by atoms with van der Waals surface area (Å²) < 4.78 is 0. The molecule has 4 heteroatoms. The van der Waals surface area contributed by atoms with E-state index in [2.05, 4.69) is 4.99 Å². The van der Waals surface area contributed by atoms with E-state index in [0.717, 1.165) is 0 Å². The van der Waals surface area contributed by atoms with Crippen molar-refractivity contribution in [2.24, 2.45) is 4.99 Å². The van der Waals surface area contributed by atoms with Gasteiger partial charge < -0.3 is 0 Å². The van der Waals surface area contributed by atoms with Crippen LogP contribution < -0.4 is 0 Å². The number of halogens is 1. The van der Waals surface area contributed by atoms with Gasteiger partial charge in [0.1, 0.15) is 0 Å². The molecule has 1 aromatic rings. The van der Waals surface area contributed by atoms with Crippen molar-refractivity contribution in [3.8, 4) is 6.07 Å². The van der Waals surface area contributed by atoms with Crippen LogP contribution in [0.1, 0.15) is 11.6 Å². The van der Waals surface area contributed by atoms with E-state index < -0.39 is 6.04 Å². The van der Waals surface area contributed by atoms with Crippen molar-refractivity contribution in [3.63, 3.8) is 0 Å². The summed E-state index contributed by atoms with van der Waals surface area (Å²) >= 11 is 5.79. The van der Waals surface area contributed by atoms with E-state index in [1.54, 1.807) is 24.3 Å². The average molecular weight is 193 g/mol. The molecule has 0 saturated heterocycles. The van der Waals surface area contributed by atoms with Gasteiger partial charge >= 0.3 is 0 Å². The molecule has 3 nitrogen and oxygen atoms in total. The number of nitriles is 1. The van der Waals surface area contributed by atoms with Crippen LogP contribution in [0.25, 0.3) is 0 Å². The van der Waals surface area contributed by atoms with Gasteiger partial charge in [0.2, 0.25) is 6.08 Å². The van der Waals surface area contributed by atoms with Gasteiger partial charge in [-0.25, -0.2) is 4.79 Å². The molecular weight excluding hydrogens is 188 g/mol. The Balaban J connectivity index is 3.13. The molecule has 0 heterocycles. The number of isocyanates is 1. The maximum Gasteiger partial charge on any atom is 0.236 e. The Labute approximate surface area is 80.3 Å². The second-order valence-electron chi connectivity index (χ2n) is 2.27. The summed E-state index contributed by atoms with van der Waals surface area (Å²) in [6.07, 6.45) is 1.34. The molecule has 0 aromatic heterocycles. The summed E-state index contributed by atoms with van der Waals surface area (Å²) in [5.74, 6) is 0. The fraction of sp³-hybridized carbons (Fsp3) is 0.111. The van der Waals surface area contributed by atoms with Gasteiger partial charge in [0, 0.05) is 10.6 Å². The zero-order valence-electron chi connectivity index (χ0n) is 6.57. The molecule has 64 valence electrons. The Bertz CT molecular complexity index is 391. The summed E-state index contributed by atoms with van der Waals surface area (Å²) in [5, 5.41) is 9.08. The normalized spacial score (nSPS) is 11.1. The topological polar surface area (TPSA) is 53.2 Å². The number of nitrogens with zero attached hydrogens (tertiary/aromatic N) is 2. The van der Waals surface area contributed by atoms with Crippen LogP contribution in [0, 0.1) is 11.3 Å². The Morgan fingerprint density at radius 3 is 2.69 bits per heavy atom. The number of aliphatic imine (C=N–C) groups is 1. The van der Waals surface area contributed by atoms with Crippen molar-refractivity contribution < 1.29 is 4.79 Å². The molecule has 0 radical (unpaired) electrons. The van der Waals surface area contributed by atoms with Crippen LogP contribution in [0.3, 0.4) is 0 Å². The molecule has 0 aliphatic heterocycles. The first-order chi connectivity index (χ1) is 6.29. The van der Waals surface area contributed by atoms with E-state index in [-0.39, 0.29) is 0 Å². The highest BCUT2D eigenvalue weighted by Crippen LogP contribution is 2.24. The number of hydrogen-bond acceptors (Lipinski definition) is 3. The third-order valence-corrected chi connectivity index (χ3v) is 1.85. The van der Waals surface area contributed by atoms with Crippen LogP contribution in [0.2, 0.25) is 5.02 Å². The van der Waals surface area contributed by atoms with E-state index in [1.807, 2.05) is 6.07 Å². The van der Waals surface area contributed by atoms with Crippen LogP contribution in [-0.4, -0.2) is 6.08 Å². The maximum absolute atomic E-state index is 9.97. The van der Waals surface area contributed by atoms with Crippen LogP contribution in [-0.2, 0) is 4.79 Å². The first-order valence-corrected chi connectivity index (χ1v) is 3.88. The lowest BCUT2D eigenvalue weighted by atomic mass is 10.1. The number of hydrogen-bond donors (Lipinski definition) is 0. The zero-order valence-corrected chi connectivity index (χ0v) is 7.32. The highest BCUT2D eigenvalue weighted by atomic mass is 35.5. The maximum atomic E-state index is 9.97.